The van der Waals surface area contributed by atoms with E-state index in [-0.39, 0.29) is 10.8 Å². The van der Waals surface area contributed by atoms with E-state index in [0.717, 1.165) is 10.9 Å². The second-order valence-corrected chi connectivity index (χ2v) is 9.53. The highest BCUT2D eigenvalue weighted by Gasteiger charge is 2.19. The van der Waals surface area contributed by atoms with Crippen LogP contribution in [0.2, 0.25) is 0 Å². The lowest BCUT2D eigenvalue weighted by molar-refractivity contribution is -0.115. The summed E-state index contributed by atoms with van der Waals surface area (Å²) < 4.78 is 24.6. The van der Waals surface area contributed by atoms with Crippen molar-refractivity contribution in [3.63, 3.8) is 0 Å². The predicted octanol–water partition coefficient (Wildman–Crippen LogP) is 2.28. The zero-order valence-corrected chi connectivity index (χ0v) is 17.7. The number of rotatable bonds is 5. The first kappa shape index (κ1) is 20.3. The number of carbonyl (C=O) groups is 1. The molecule has 0 radical (unpaired) electrons. The second-order valence-electron chi connectivity index (χ2n) is 6.66. The number of nitrogens with two attached hydrogens (primary N) is 1. The summed E-state index contributed by atoms with van der Waals surface area (Å²) in [5.74, 6) is -0.274. The standard InChI is InChI=1S/C19H18N6O3S2/c1-11(18(26)21-12-7-9-13(10-8-12)30(20,27)28)29-19-22-17-16(23-24-19)14-5-3-4-6-15(14)25(17)2/h3-11H,1-2H3,(H,21,26)(H2,20,27,28). The molecule has 30 heavy (non-hydrogen) atoms. The van der Waals surface area contributed by atoms with Gasteiger partial charge in [0, 0.05) is 18.1 Å². The van der Waals surface area contributed by atoms with Crippen LogP contribution in [0.1, 0.15) is 6.92 Å². The van der Waals surface area contributed by atoms with Crippen LogP contribution in [-0.4, -0.2) is 39.3 Å². The van der Waals surface area contributed by atoms with Crippen molar-refractivity contribution in [2.45, 2.75) is 22.2 Å². The molecule has 0 fully saturated rings. The van der Waals surface area contributed by atoms with E-state index in [4.69, 9.17) is 5.14 Å². The van der Waals surface area contributed by atoms with Crippen molar-refractivity contribution in [1.29, 1.82) is 0 Å². The molecule has 0 spiro atoms. The van der Waals surface area contributed by atoms with E-state index in [2.05, 4.69) is 20.5 Å². The number of amides is 1. The third-order valence-corrected chi connectivity index (χ3v) is 6.47. The van der Waals surface area contributed by atoms with Gasteiger partial charge in [-0.2, -0.15) is 0 Å². The average molecular weight is 443 g/mol. The number of fused-ring (bicyclic) bond motifs is 3. The molecule has 1 atom stereocenters. The largest absolute Gasteiger partial charge is 0.327 e. The maximum atomic E-state index is 12.5. The number of primary sulfonamides is 1. The van der Waals surface area contributed by atoms with Gasteiger partial charge in [0.25, 0.3) is 0 Å². The Kier molecular flexibility index (Phi) is 5.18. The topological polar surface area (TPSA) is 133 Å². The Hall–Kier alpha value is -3.02. The molecule has 1 amide bonds. The summed E-state index contributed by atoms with van der Waals surface area (Å²) in [4.78, 5) is 17.1. The number of para-hydroxylation sites is 1. The number of sulfonamides is 1. The summed E-state index contributed by atoms with van der Waals surface area (Å²) in [5.41, 5.74) is 2.87. The fraction of sp³-hybridized carbons (Fsp3) is 0.158. The van der Waals surface area contributed by atoms with Crippen LogP contribution in [0.25, 0.3) is 22.1 Å². The van der Waals surface area contributed by atoms with Gasteiger partial charge in [-0.3, -0.25) is 4.79 Å². The van der Waals surface area contributed by atoms with Crippen LogP contribution in [0.4, 0.5) is 5.69 Å². The minimum atomic E-state index is -3.78. The number of nitrogens with zero attached hydrogens (tertiary/aromatic N) is 4. The monoisotopic (exact) mass is 442 g/mol. The summed E-state index contributed by atoms with van der Waals surface area (Å²) in [6.45, 7) is 1.73. The van der Waals surface area contributed by atoms with Gasteiger partial charge in [-0.05, 0) is 37.3 Å². The van der Waals surface area contributed by atoms with Gasteiger partial charge < -0.3 is 9.88 Å². The quantitative estimate of drug-likeness (QED) is 0.453. The van der Waals surface area contributed by atoms with Crippen LogP contribution < -0.4 is 10.5 Å². The second kappa shape index (κ2) is 7.67. The van der Waals surface area contributed by atoms with Crippen LogP contribution >= 0.6 is 11.8 Å². The van der Waals surface area contributed by atoms with Crippen molar-refractivity contribution in [1.82, 2.24) is 19.7 Å². The maximum absolute atomic E-state index is 12.5. The summed E-state index contributed by atoms with van der Waals surface area (Å²) >= 11 is 1.19. The van der Waals surface area contributed by atoms with Crippen LogP contribution in [0.3, 0.4) is 0 Å². The Bertz CT molecular complexity index is 1370. The molecular formula is C19H18N6O3S2. The van der Waals surface area contributed by atoms with Crippen molar-refractivity contribution in [2.24, 2.45) is 12.2 Å². The molecule has 4 aromatic rings. The highest BCUT2D eigenvalue weighted by Crippen LogP contribution is 2.27. The van der Waals surface area contributed by atoms with Crippen LogP contribution in [0, 0.1) is 0 Å². The number of hydrogen-bond donors (Lipinski definition) is 2. The molecule has 9 nitrogen and oxygen atoms in total. The minimum Gasteiger partial charge on any atom is -0.327 e. The van der Waals surface area contributed by atoms with Crippen molar-refractivity contribution in [2.75, 3.05) is 5.32 Å². The smallest absolute Gasteiger partial charge is 0.238 e. The van der Waals surface area contributed by atoms with E-state index < -0.39 is 15.3 Å². The third-order valence-electron chi connectivity index (χ3n) is 4.59. The van der Waals surface area contributed by atoms with Crippen molar-refractivity contribution >= 4 is 55.4 Å². The van der Waals surface area contributed by atoms with Crippen molar-refractivity contribution in [3.8, 4) is 0 Å². The summed E-state index contributed by atoms with van der Waals surface area (Å²) in [5, 5.41) is 17.1. The van der Waals surface area contributed by atoms with E-state index in [0.29, 0.717) is 22.0 Å². The van der Waals surface area contributed by atoms with Crippen LogP contribution in [0.15, 0.2) is 58.6 Å². The highest BCUT2D eigenvalue weighted by molar-refractivity contribution is 8.00. The van der Waals surface area contributed by atoms with Gasteiger partial charge in [0.1, 0.15) is 5.52 Å². The molecule has 3 N–H and O–H groups in total. The molecule has 154 valence electrons. The zero-order chi connectivity index (χ0) is 21.5. The maximum Gasteiger partial charge on any atom is 0.238 e. The molecule has 11 heteroatoms. The zero-order valence-electron chi connectivity index (χ0n) is 16.1. The van der Waals surface area contributed by atoms with Gasteiger partial charge in [-0.25, -0.2) is 18.5 Å². The minimum absolute atomic E-state index is 0.0225. The fourth-order valence-electron chi connectivity index (χ4n) is 3.03. The van der Waals surface area contributed by atoms with Crippen LogP contribution in [-0.2, 0) is 21.9 Å². The number of benzene rings is 2. The first-order valence-corrected chi connectivity index (χ1v) is 11.3. The highest BCUT2D eigenvalue weighted by atomic mass is 32.2. The number of aryl methyl sites for hydroxylation is 1. The molecule has 4 rings (SSSR count). The lowest BCUT2D eigenvalue weighted by Gasteiger charge is -2.11. The molecular weight excluding hydrogens is 424 g/mol. The van der Waals surface area contributed by atoms with E-state index >= 15 is 0 Å². The van der Waals surface area contributed by atoms with Gasteiger partial charge in [0.2, 0.25) is 21.1 Å². The van der Waals surface area contributed by atoms with Gasteiger partial charge >= 0.3 is 0 Å². The molecule has 0 aliphatic heterocycles. The number of carbonyl (C=O) groups excluding carboxylic acids is 1. The molecule has 2 aromatic carbocycles. The number of thioether (sulfide) groups is 1. The Balaban J connectivity index is 1.51. The molecule has 0 aliphatic carbocycles. The van der Waals surface area contributed by atoms with Crippen molar-refractivity contribution < 1.29 is 13.2 Å². The Morgan fingerprint density at radius 1 is 1.13 bits per heavy atom. The van der Waals surface area contributed by atoms with Gasteiger partial charge in [-0.15, -0.1) is 10.2 Å². The van der Waals surface area contributed by atoms with Gasteiger partial charge in [0.15, 0.2) is 5.65 Å². The number of nitrogens with one attached hydrogen (secondary N) is 1. The molecule has 0 saturated carbocycles. The number of anilines is 1. The molecule has 1 unspecified atom stereocenters. The van der Waals surface area contributed by atoms with E-state index in [1.807, 2.05) is 35.9 Å². The summed E-state index contributed by atoms with van der Waals surface area (Å²) in [6.07, 6.45) is 0. The average Bonchev–Trinajstić information content (AvgIpc) is 3.00. The molecule has 2 heterocycles. The predicted molar refractivity (Wildman–Crippen MR) is 116 cm³/mol. The fourth-order valence-corrected chi connectivity index (χ4v) is 4.25. The molecule has 2 aromatic heterocycles. The SMILES string of the molecule is CC(Sc1nnc2c3ccccc3n(C)c2n1)C(=O)Nc1ccc(S(N)(=O)=O)cc1. The molecule has 0 bridgehead atoms. The first-order valence-electron chi connectivity index (χ1n) is 8.92. The van der Waals surface area contributed by atoms with Crippen LogP contribution in [0.5, 0.6) is 0 Å². The summed E-state index contributed by atoms with van der Waals surface area (Å²) in [7, 11) is -1.87. The Morgan fingerprint density at radius 2 is 1.83 bits per heavy atom. The van der Waals surface area contributed by atoms with E-state index in [1.165, 1.54) is 36.0 Å². The number of hydrogen-bond acceptors (Lipinski definition) is 7. The van der Waals surface area contributed by atoms with Gasteiger partial charge in [0.05, 0.1) is 15.7 Å². The molecule has 0 aliphatic rings. The Morgan fingerprint density at radius 3 is 2.53 bits per heavy atom. The summed E-state index contributed by atoms with van der Waals surface area (Å²) in [6, 6.07) is 13.5. The number of aromatic nitrogens is 4. The van der Waals surface area contributed by atoms with Gasteiger partial charge in [-0.1, -0.05) is 30.0 Å². The lowest BCUT2D eigenvalue weighted by atomic mass is 10.2. The third kappa shape index (κ3) is 3.86. The Labute approximate surface area is 176 Å². The normalized spacial score (nSPS) is 12.9. The van der Waals surface area contributed by atoms with Crippen molar-refractivity contribution in [3.05, 3.63) is 48.5 Å². The lowest BCUT2D eigenvalue weighted by Crippen LogP contribution is -2.22. The first-order chi connectivity index (χ1) is 14.2. The molecule has 0 saturated heterocycles. The van der Waals surface area contributed by atoms with E-state index in [9.17, 15) is 13.2 Å². The van der Waals surface area contributed by atoms with E-state index in [1.54, 1.807) is 6.92 Å².